The van der Waals surface area contributed by atoms with Crippen LogP contribution in [-0.2, 0) is 0 Å². The van der Waals surface area contributed by atoms with Gasteiger partial charge in [-0.2, -0.15) is 0 Å². The summed E-state index contributed by atoms with van der Waals surface area (Å²) in [6.45, 7) is 0. The molecule has 18 heavy (non-hydrogen) atoms. The van der Waals surface area contributed by atoms with Crippen molar-refractivity contribution in [3.63, 3.8) is 0 Å². The quantitative estimate of drug-likeness (QED) is 0.700. The van der Waals surface area contributed by atoms with E-state index in [1.165, 1.54) is 0 Å². The number of hydrogen-bond donors (Lipinski definition) is 1. The van der Waals surface area contributed by atoms with Gasteiger partial charge in [0, 0.05) is 18.2 Å². The minimum atomic E-state index is -0.940. The van der Waals surface area contributed by atoms with Gasteiger partial charge in [-0.3, -0.25) is 0 Å². The molecule has 0 saturated carbocycles. The van der Waals surface area contributed by atoms with Crippen LogP contribution in [0.3, 0.4) is 0 Å². The van der Waals surface area contributed by atoms with Crippen LogP contribution in [0.4, 0.5) is 0 Å². The molecule has 2 aromatic carbocycles. The zero-order valence-electron chi connectivity index (χ0n) is 9.41. The molecule has 1 N–H and O–H groups in total. The number of oxazole rings is 1. The molecule has 88 valence electrons. The van der Waals surface area contributed by atoms with Crippen LogP contribution in [0.1, 0.15) is 10.4 Å². The van der Waals surface area contributed by atoms with Crippen molar-refractivity contribution in [3.05, 3.63) is 60.5 Å². The van der Waals surface area contributed by atoms with E-state index in [0.717, 1.165) is 16.8 Å². The predicted molar refractivity (Wildman–Crippen MR) is 64.7 cm³/mol. The fourth-order valence-electron chi connectivity index (χ4n) is 1.91. The predicted octanol–water partition coefficient (Wildman–Crippen LogP) is 2.41. The number of hydrogen-bond acceptors (Lipinski definition) is 2. The van der Waals surface area contributed by atoms with Crippen molar-refractivity contribution in [2.45, 2.75) is 0 Å². The Labute approximate surface area is 103 Å². The number of carboxylic acids is 1. The number of aromatic nitrogens is 1. The highest BCUT2D eigenvalue weighted by molar-refractivity contribution is 5.88. The molecule has 0 aliphatic carbocycles. The maximum Gasteiger partial charge on any atom is 0.341 e. The van der Waals surface area contributed by atoms with E-state index in [1.807, 2.05) is 34.9 Å². The van der Waals surface area contributed by atoms with Crippen LogP contribution in [0.25, 0.3) is 16.8 Å². The Morgan fingerprint density at radius 1 is 1.11 bits per heavy atom. The second kappa shape index (κ2) is 4.00. The summed E-state index contributed by atoms with van der Waals surface area (Å²) in [6.07, 6.45) is 1.58. The van der Waals surface area contributed by atoms with Gasteiger partial charge in [-0.25, -0.2) is 4.79 Å². The average molecular weight is 240 g/mol. The number of carbonyl (C=O) groups is 1. The molecule has 0 bridgehead atoms. The standard InChI is InChI=1S/C14H9NO3/c16-14(17)10-4-3-5-11(8-10)15-9-18-13-7-2-1-6-12(13)15/h1-9H/p+1. The minimum absolute atomic E-state index is 0.255. The molecule has 1 heterocycles. The molecule has 0 atom stereocenters. The highest BCUT2D eigenvalue weighted by Crippen LogP contribution is 2.13. The molecule has 3 rings (SSSR count). The van der Waals surface area contributed by atoms with Crippen molar-refractivity contribution in [1.29, 1.82) is 0 Å². The van der Waals surface area contributed by atoms with Crippen molar-refractivity contribution in [1.82, 2.24) is 0 Å². The van der Waals surface area contributed by atoms with Gasteiger partial charge in [0.2, 0.25) is 11.3 Å². The van der Waals surface area contributed by atoms with E-state index in [4.69, 9.17) is 9.52 Å². The Kier molecular flexibility index (Phi) is 2.34. The molecule has 4 heteroatoms. The van der Waals surface area contributed by atoms with Gasteiger partial charge in [0.1, 0.15) is 0 Å². The molecule has 3 aromatic rings. The van der Waals surface area contributed by atoms with Crippen molar-refractivity contribution in [3.8, 4) is 5.69 Å². The Morgan fingerprint density at radius 2 is 1.94 bits per heavy atom. The number of rotatable bonds is 2. The molecule has 0 aliphatic rings. The molecule has 4 nitrogen and oxygen atoms in total. The number of nitrogens with zero attached hydrogens (tertiary/aromatic N) is 1. The first kappa shape index (κ1) is 10.5. The number of fused-ring (bicyclic) bond motifs is 1. The summed E-state index contributed by atoms with van der Waals surface area (Å²) in [5.41, 5.74) is 2.68. The van der Waals surface area contributed by atoms with E-state index in [1.54, 1.807) is 24.6 Å². The molecule has 1 aromatic heterocycles. The highest BCUT2D eigenvalue weighted by Gasteiger charge is 2.16. The first-order chi connectivity index (χ1) is 8.75. The zero-order chi connectivity index (χ0) is 12.5. The molecule has 0 unspecified atom stereocenters. The van der Waals surface area contributed by atoms with Crippen LogP contribution in [0.2, 0.25) is 0 Å². The van der Waals surface area contributed by atoms with E-state index >= 15 is 0 Å². The summed E-state index contributed by atoms with van der Waals surface area (Å²) < 4.78 is 7.24. The summed E-state index contributed by atoms with van der Waals surface area (Å²) in [7, 11) is 0. The molecular formula is C14H10NO3+. The van der Waals surface area contributed by atoms with Gasteiger partial charge >= 0.3 is 12.4 Å². The zero-order valence-corrected chi connectivity index (χ0v) is 9.41. The van der Waals surface area contributed by atoms with E-state index in [9.17, 15) is 4.79 Å². The van der Waals surface area contributed by atoms with Crippen LogP contribution in [0.5, 0.6) is 0 Å². The number of para-hydroxylation sites is 2. The third-order valence-corrected chi connectivity index (χ3v) is 2.78. The van der Waals surface area contributed by atoms with Gasteiger partial charge in [-0.05, 0) is 12.1 Å². The largest absolute Gasteiger partial charge is 0.478 e. The lowest BCUT2D eigenvalue weighted by Crippen LogP contribution is -2.28. The average Bonchev–Trinajstić information content (AvgIpc) is 2.82. The first-order valence-electron chi connectivity index (χ1n) is 5.47. The fourth-order valence-corrected chi connectivity index (χ4v) is 1.91. The Hall–Kier alpha value is -2.62. The minimum Gasteiger partial charge on any atom is -0.478 e. The second-order valence-electron chi connectivity index (χ2n) is 3.92. The molecule has 0 amide bonds. The van der Waals surface area contributed by atoms with Crippen molar-refractivity contribution in [2.75, 3.05) is 0 Å². The van der Waals surface area contributed by atoms with Crippen molar-refractivity contribution < 1.29 is 18.9 Å². The van der Waals surface area contributed by atoms with E-state index in [0.29, 0.717) is 0 Å². The Balaban J connectivity index is 2.20. The van der Waals surface area contributed by atoms with Gasteiger partial charge in [0.15, 0.2) is 0 Å². The SMILES string of the molecule is O=C(O)c1cccc(-[n+]2coc3ccccc32)c1. The Morgan fingerprint density at radius 3 is 2.78 bits per heavy atom. The van der Waals surface area contributed by atoms with Crippen LogP contribution in [0.15, 0.2) is 59.3 Å². The third-order valence-electron chi connectivity index (χ3n) is 2.78. The summed E-state index contributed by atoms with van der Waals surface area (Å²) in [6, 6.07) is 14.3. The van der Waals surface area contributed by atoms with Gasteiger partial charge in [-0.1, -0.05) is 18.2 Å². The van der Waals surface area contributed by atoms with Crippen LogP contribution < -0.4 is 4.57 Å². The van der Waals surface area contributed by atoms with Gasteiger partial charge in [0.25, 0.3) is 5.52 Å². The fraction of sp³-hybridized carbons (Fsp3) is 0. The molecule has 0 aliphatic heterocycles. The maximum atomic E-state index is 11.0. The monoisotopic (exact) mass is 240 g/mol. The van der Waals surface area contributed by atoms with Gasteiger partial charge in [-0.15, -0.1) is 4.57 Å². The van der Waals surface area contributed by atoms with Crippen LogP contribution in [-0.4, -0.2) is 11.1 Å². The molecular weight excluding hydrogens is 230 g/mol. The van der Waals surface area contributed by atoms with Crippen molar-refractivity contribution in [2.24, 2.45) is 0 Å². The molecule has 0 fully saturated rings. The summed E-state index contributed by atoms with van der Waals surface area (Å²) in [4.78, 5) is 11.0. The lowest BCUT2D eigenvalue weighted by molar-refractivity contribution is -0.573. The summed E-state index contributed by atoms with van der Waals surface area (Å²) >= 11 is 0. The van der Waals surface area contributed by atoms with E-state index in [2.05, 4.69) is 0 Å². The normalized spacial score (nSPS) is 10.7. The Bertz CT molecular complexity index is 730. The van der Waals surface area contributed by atoms with Crippen molar-refractivity contribution >= 4 is 17.1 Å². The molecule has 0 radical (unpaired) electrons. The highest BCUT2D eigenvalue weighted by atomic mass is 16.4. The molecule has 0 spiro atoms. The van der Waals surface area contributed by atoms with Crippen LogP contribution >= 0.6 is 0 Å². The molecule has 0 saturated heterocycles. The smallest absolute Gasteiger partial charge is 0.341 e. The summed E-state index contributed by atoms with van der Waals surface area (Å²) in [5.74, 6) is -0.940. The summed E-state index contributed by atoms with van der Waals surface area (Å²) in [5, 5.41) is 8.99. The van der Waals surface area contributed by atoms with Crippen LogP contribution in [0, 0.1) is 0 Å². The maximum absolute atomic E-state index is 11.0. The van der Waals surface area contributed by atoms with E-state index < -0.39 is 5.97 Å². The first-order valence-corrected chi connectivity index (χ1v) is 5.47. The van der Waals surface area contributed by atoms with E-state index in [-0.39, 0.29) is 5.56 Å². The number of benzene rings is 2. The van der Waals surface area contributed by atoms with Gasteiger partial charge in [0.05, 0.1) is 5.56 Å². The second-order valence-corrected chi connectivity index (χ2v) is 3.92. The topological polar surface area (TPSA) is 54.3 Å². The van der Waals surface area contributed by atoms with Gasteiger partial charge < -0.3 is 9.52 Å². The number of carboxylic acid groups (broad SMARTS) is 1. The third kappa shape index (κ3) is 1.64. The lowest BCUT2D eigenvalue weighted by Gasteiger charge is -1.95. The lowest BCUT2D eigenvalue weighted by atomic mass is 10.2. The number of aromatic carboxylic acids is 1.